The number of H-pyrrole nitrogens is 1. The van der Waals surface area contributed by atoms with Gasteiger partial charge in [-0.05, 0) is 32.9 Å². The van der Waals surface area contributed by atoms with Crippen LogP contribution in [0, 0.1) is 13.8 Å². The molecule has 0 aliphatic heterocycles. The van der Waals surface area contributed by atoms with Crippen molar-refractivity contribution in [3.05, 3.63) is 41.2 Å². The molecule has 1 N–H and O–H groups in total. The largest absolute Gasteiger partial charge is 0.609 e. The Morgan fingerprint density at radius 2 is 2.11 bits per heavy atom. The Bertz CT molecular complexity index is 1000. The van der Waals surface area contributed by atoms with E-state index in [2.05, 4.69) is 15.0 Å². The highest BCUT2D eigenvalue weighted by Crippen LogP contribution is 2.27. The van der Waals surface area contributed by atoms with Gasteiger partial charge in [-0.3, -0.25) is 9.97 Å². The molecule has 0 saturated carbocycles. The van der Waals surface area contributed by atoms with E-state index >= 15 is 0 Å². The van der Waals surface area contributed by atoms with Crippen LogP contribution in [0.25, 0.3) is 11.0 Å². The van der Waals surface area contributed by atoms with Gasteiger partial charge in [-0.15, -0.1) is 0 Å². The minimum Gasteiger partial charge on any atom is -0.609 e. The van der Waals surface area contributed by atoms with Crippen LogP contribution in [0.1, 0.15) is 23.7 Å². The van der Waals surface area contributed by atoms with Crippen molar-refractivity contribution in [2.24, 2.45) is 0 Å². The van der Waals surface area contributed by atoms with E-state index in [0.717, 1.165) is 16.9 Å². The molecule has 0 radical (unpaired) electrons. The number of imidazole rings is 1. The molecule has 1 atom stereocenters. The summed E-state index contributed by atoms with van der Waals surface area (Å²) in [5, 5.41) is 0.323. The van der Waals surface area contributed by atoms with Gasteiger partial charge in [0.05, 0.1) is 30.4 Å². The molecule has 2 aromatic heterocycles. The van der Waals surface area contributed by atoms with Gasteiger partial charge in [-0.25, -0.2) is 4.79 Å². The van der Waals surface area contributed by atoms with Gasteiger partial charge < -0.3 is 18.8 Å². The Labute approximate surface area is 165 Å². The number of nitrogens with one attached hydrogen (secondary N) is 1. The fraction of sp³-hybridized carbons (Fsp3) is 0.316. The Morgan fingerprint density at radius 3 is 2.82 bits per heavy atom. The molecule has 3 aromatic rings. The number of fused-ring (bicyclic) bond motifs is 1. The fourth-order valence-electron chi connectivity index (χ4n) is 2.79. The van der Waals surface area contributed by atoms with Gasteiger partial charge in [-0.2, -0.15) is 4.98 Å². The Balaban J connectivity index is 1.81. The maximum Gasteiger partial charge on any atom is 0.513 e. The summed E-state index contributed by atoms with van der Waals surface area (Å²) in [6, 6.07) is 4.90. The van der Waals surface area contributed by atoms with Crippen LogP contribution in [0.15, 0.2) is 29.6 Å². The standard InChI is InChI=1S/C19H21N3O5S/c1-5-26-19(23)27-13-6-7-14-15(8-13)22-18(21-14)28(24)10-16-12(3)17(25-4)11(2)9-20-16/h6-9H,5,10H2,1-4H3,(H,21,22). The number of benzene rings is 1. The predicted molar refractivity (Wildman–Crippen MR) is 104 cm³/mol. The van der Waals surface area contributed by atoms with E-state index < -0.39 is 17.3 Å². The topological polar surface area (TPSA) is 109 Å². The molecule has 0 fully saturated rings. The van der Waals surface area contributed by atoms with Gasteiger partial charge in [0.25, 0.3) is 0 Å². The first kappa shape index (κ1) is 20.0. The molecule has 1 unspecified atom stereocenters. The van der Waals surface area contributed by atoms with Gasteiger partial charge in [-0.1, -0.05) is 0 Å². The monoisotopic (exact) mass is 403 g/mol. The lowest BCUT2D eigenvalue weighted by Crippen LogP contribution is -2.10. The maximum atomic E-state index is 12.8. The highest BCUT2D eigenvalue weighted by atomic mass is 32.2. The van der Waals surface area contributed by atoms with Crippen LogP contribution in [-0.2, 0) is 21.7 Å². The van der Waals surface area contributed by atoms with E-state index in [1.165, 1.54) is 0 Å². The summed E-state index contributed by atoms with van der Waals surface area (Å²) in [7, 11) is 1.60. The van der Waals surface area contributed by atoms with Crippen LogP contribution in [-0.4, -0.2) is 39.4 Å². The third kappa shape index (κ3) is 4.20. The highest BCUT2D eigenvalue weighted by Gasteiger charge is 2.21. The van der Waals surface area contributed by atoms with Crippen LogP contribution >= 0.6 is 0 Å². The maximum absolute atomic E-state index is 12.8. The molecule has 0 saturated heterocycles. The number of ether oxygens (including phenoxy) is 3. The lowest BCUT2D eigenvalue weighted by Gasteiger charge is -2.13. The molecule has 0 aliphatic carbocycles. The van der Waals surface area contributed by atoms with Crippen LogP contribution in [0.5, 0.6) is 11.5 Å². The number of aromatic nitrogens is 3. The number of aromatic amines is 1. The molecular weight excluding hydrogens is 382 g/mol. The van der Waals surface area contributed by atoms with E-state index in [9.17, 15) is 9.35 Å². The average molecular weight is 403 g/mol. The smallest absolute Gasteiger partial charge is 0.513 e. The van der Waals surface area contributed by atoms with Crippen molar-refractivity contribution < 1.29 is 23.6 Å². The molecule has 28 heavy (non-hydrogen) atoms. The quantitative estimate of drug-likeness (QED) is 0.381. The van der Waals surface area contributed by atoms with Crippen molar-refractivity contribution in [2.75, 3.05) is 13.7 Å². The van der Waals surface area contributed by atoms with Crippen molar-refractivity contribution >= 4 is 28.4 Å². The zero-order chi connectivity index (χ0) is 20.3. The summed E-state index contributed by atoms with van der Waals surface area (Å²) in [6.07, 6.45) is 0.923. The highest BCUT2D eigenvalue weighted by molar-refractivity contribution is 7.90. The Morgan fingerprint density at radius 1 is 1.32 bits per heavy atom. The zero-order valence-corrected chi connectivity index (χ0v) is 16.9. The van der Waals surface area contributed by atoms with Gasteiger partial charge >= 0.3 is 11.3 Å². The molecule has 9 heteroatoms. The summed E-state index contributed by atoms with van der Waals surface area (Å²) in [4.78, 5) is 23.2. The van der Waals surface area contributed by atoms with Gasteiger partial charge in [0.15, 0.2) is 5.75 Å². The van der Waals surface area contributed by atoms with Crippen molar-refractivity contribution in [3.63, 3.8) is 0 Å². The lowest BCUT2D eigenvalue weighted by atomic mass is 10.1. The summed E-state index contributed by atoms with van der Waals surface area (Å²) in [5.74, 6) is 1.25. The third-order valence-corrected chi connectivity index (χ3v) is 5.29. The Hall–Kier alpha value is -2.78. The van der Waals surface area contributed by atoms with Crippen molar-refractivity contribution in [1.82, 2.24) is 15.0 Å². The number of rotatable bonds is 6. The fourth-order valence-corrected chi connectivity index (χ4v) is 3.89. The van der Waals surface area contributed by atoms with Crippen molar-refractivity contribution in [2.45, 2.75) is 31.7 Å². The molecule has 0 amide bonds. The van der Waals surface area contributed by atoms with E-state index in [0.29, 0.717) is 27.6 Å². The number of carbonyl (C=O) groups excluding carboxylic acids is 1. The summed E-state index contributed by atoms with van der Waals surface area (Å²) in [5.41, 5.74) is 3.69. The molecule has 0 aliphatic rings. The molecule has 3 rings (SSSR count). The minimum absolute atomic E-state index is 0.203. The number of aryl methyl sites for hydroxylation is 1. The van der Waals surface area contributed by atoms with E-state index in [-0.39, 0.29) is 12.4 Å². The minimum atomic E-state index is -1.43. The van der Waals surface area contributed by atoms with Gasteiger partial charge in [0.1, 0.15) is 11.5 Å². The number of carbonyl (C=O) groups is 1. The Kier molecular flexibility index (Phi) is 6.05. The second-order valence-corrected chi connectivity index (χ2v) is 7.41. The molecule has 0 bridgehead atoms. The van der Waals surface area contributed by atoms with Crippen LogP contribution < -0.4 is 9.47 Å². The molecule has 8 nitrogen and oxygen atoms in total. The first-order chi connectivity index (χ1) is 13.4. The van der Waals surface area contributed by atoms with E-state index in [4.69, 9.17) is 14.2 Å². The molecule has 148 valence electrons. The second-order valence-electron chi connectivity index (χ2n) is 6.04. The zero-order valence-electron chi connectivity index (χ0n) is 16.1. The predicted octanol–water partition coefficient (Wildman–Crippen LogP) is 3.43. The number of hydrogen-bond acceptors (Lipinski definition) is 7. The van der Waals surface area contributed by atoms with E-state index in [1.54, 1.807) is 38.4 Å². The number of pyridine rings is 1. The summed E-state index contributed by atoms with van der Waals surface area (Å²) < 4.78 is 28.0. The first-order valence-electron chi connectivity index (χ1n) is 8.64. The van der Waals surface area contributed by atoms with Crippen molar-refractivity contribution in [1.29, 1.82) is 0 Å². The third-order valence-electron chi connectivity index (χ3n) is 4.13. The van der Waals surface area contributed by atoms with Crippen LogP contribution in [0.4, 0.5) is 4.79 Å². The SMILES string of the molecule is CCOC(=O)Oc1ccc2[nH]c([S+]([O-])Cc3ncc(C)c(OC)c3C)nc2c1. The van der Waals surface area contributed by atoms with Gasteiger partial charge in [0, 0.05) is 34.6 Å². The second kappa shape index (κ2) is 8.49. The molecular formula is C19H21N3O5S. The molecule has 0 spiro atoms. The molecule has 1 aromatic carbocycles. The normalized spacial score (nSPS) is 12.0. The number of methoxy groups -OCH3 is 1. The van der Waals surface area contributed by atoms with Gasteiger partial charge in [0.2, 0.25) is 0 Å². The average Bonchev–Trinajstić information content (AvgIpc) is 3.08. The van der Waals surface area contributed by atoms with Crippen molar-refractivity contribution in [3.8, 4) is 11.5 Å². The lowest BCUT2D eigenvalue weighted by molar-refractivity contribution is 0.104. The van der Waals surface area contributed by atoms with Crippen LogP contribution in [0.2, 0.25) is 0 Å². The molecule has 2 heterocycles. The summed E-state index contributed by atoms with van der Waals surface area (Å²) in [6.45, 7) is 5.72. The van der Waals surface area contributed by atoms with Crippen LogP contribution in [0.3, 0.4) is 0 Å². The number of hydrogen-bond donors (Lipinski definition) is 1. The summed E-state index contributed by atoms with van der Waals surface area (Å²) >= 11 is -1.43. The first-order valence-corrected chi connectivity index (χ1v) is 9.96. The van der Waals surface area contributed by atoms with E-state index in [1.807, 2.05) is 13.8 Å². The number of nitrogens with zero attached hydrogens (tertiary/aromatic N) is 2.